The molecular formula is C13H21F3N2O3. The standard InChI is InChI=1S/C11H20N2O.C2HF3O2/c12-11(14)7-9-3-2-6-13(8-9)10-4-1-5-10;3-2(4,5)1(6)7/h9-10H,1-8H2,(H2,12,14);(H,6,7). The highest BCUT2D eigenvalue weighted by molar-refractivity contribution is 5.74. The average molecular weight is 310 g/mol. The molecule has 1 atom stereocenters. The van der Waals surface area contributed by atoms with Gasteiger partial charge in [0.25, 0.3) is 0 Å². The molecule has 2 aliphatic rings. The van der Waals surface area contributed by atoms with E-state index >= 15 is 0 Å². The average Bonchev–Trinajstić information content (AvgIpc) is 2.25. The second-order valence-electron chi connectivity index (χ2n) is 5.56. The molecule has 3 N–H and O–H groups in total. The number of carbonyl (C=O) groups is 2. The normalized spacial score (nSPS) is 23.7. The second kappa shape index (κ2) is 7.63. The summed E-state index contributed by atoms with van der Waals surface area (Å²) < 4.78 is 31.7. The molecule has 1 unspecified atom stereocenters. The van der Waals surface area contributed by atoms with Crippen molar-refractivity contribution in [2.24, 2.45) is 11.7 Å². The molecule has 0 spiro atoms. The third kappa shape index (κ3) is 6.33. The maximum absolute atomic E-state index is 10.8. The van der Waals surface area contributed by atoms with Gasteiger partial charge >= 0.3 is 12.1 Å². The number of hydrogen-bond donors (Lipinski definition) is 2. The molecular weight excluding hydrogens is 289 g/mol. The van der Waals surface area contributed by atoms with Crippen molar-refractivity contribution in [1.82, 2.24) is 4.90 Å². The molecule has 1 amide bonds. The molecule has 2 rings (SSSR count). The van der Waals surface area contributed by atoms with Crippen LogP contribution in [0.25, 0.3) is 0 Å². The Hall–Kier alpha value is -1.31. The number of aliphatic carboxylic acids is 1. The SMILES string of the molecule is NC(=O)CC1CCCN(C2CCC2)C1.O=C(O)C(F)(F)F. The number of hydrogen-bond acceptors (Lipinski definition) is 3. The fraction of sp³-hybridized carbons (Fsp3) is 0.846. The van der Waals surface area contributed by atoms with Crippen LogP contribution in [-0.4, -0.2) is 47.2 Å². The Balaban J connectivity index is 0.000000270. The maximum Gasteiger partial charge on any atom is 0.490 e. The summed E-state index contributed by atoms with van der Waals surface area (Å²) in [5, 5.41) is 7.12. The number of alkyl halides is 3. The van der Waals surface area contributed by atoms with E-state index in [1.807, 2.05) is 0 Å². The Morgan fingerprint density at radius 1 is 1.19 bits per heavy atom. The van der Waals surface area contributed by atoms with E-state index in [2.05, 4.69) is 4.90 Å². The molecule has 1 saturated heterocycles. The third-order valence-corrected chi connectivity index (χ3v) is 3.87. The first-order valence-electron chi connectivity index (χ1n) is 7.02. The molecule has 1 aliphatic heterocycles. The zero-order valence-corrected chi connectivity index (χ0v) is 11.7. The molecule has 0 aromatic heterocycles. The van der Waals surface area contributed by atoms with E-state index in [9.17, 15) is 18.0 Å². The van der Waals surface area contributed by atoms with E-state index in [0.717, 1.165) is 12.6 Å². The molecule has 1 heterocycles. The van der Waals surface area contributed by atoms with Gasteiger partial charge in [0.15, 0.2) is 0 Å². The number of carboxylic acids is 1. The van der Waals surface area contributed by atoms with Crippen molar-refractivity contribution < 1.29 is 27.9 Å². The van der Waals surface area contributed by atoms with Crippen LogP contribution < -0.4 is 5.73 Å². The molecule has 21 heavy (non-hydrogen) atoms. The summed E-state index contributed by atoms with van der Waals surface area (Å²) in [4.78, 5) is 22.3. The number of nitrogens with zero attached hydrogens (tertiary/aromatic N) is 1. The van der Waals surface area contributed by atoms with Gasteiger partial charge in [-0.15, -0.1) is 0 Å². The first kappa shape index (κ1) is 17.7. The van der Waals surface area contributed by atoms with E-state index in [0.29, 0.717) is 12.3 Å². The highest BCUT2D eigenvalue weighted by Crippen LogP contribution is 2.29. The molecule has 122 valence electrons. The monoisotopic (exact) mass is 310 g/mol. The topological polar surface area (TPSA) is 83.6 Å². The zero-order valence-electron chi connectivity index (χ0n) is 11.7. The highest BCUT2D eigenvalue weighted by Gasteiger charge is 2.38. The first-order chi connectivity index (χ1) is 9.70. The fourth-order valence-corrected chi connectivity index (χ4v) is 2.63. The van der Waals surface area contributed by atoms with E-state index in [4.69, 9.17) is 15.6 Å². The van der Waals surface area contributed by atoms with Crippen molar-refractivity contribution in [1.29, 1.82) is 0 Å². The first-order valence-corrected chi connectivity index (χ1v) is 7.02. The number of amides is 1. The van der Waals surface area contributed by atoms with Gasteiger partial charge in [-0.05, 0) is 38.1 Å². The Labute approximate surface area is 121 Å². The summed E-state index contributed by atoms with van der Waals surface area (Å²) in [5.74, 6) is -2.36. The van der Waals surface area contributed by atoms with Crippen molar-refractivity contribution in [2.75, 3.05) is 13.1 Å². The van der Waals surface area contributed by atoms with Crippen molar-refractivity contribution >= 4 is 11.9 Å². The molecule has 1 saturated carbocycles. The van der Waals surface area contributed by atoms with Crippen LogP contribution in [0.5, 0.6) is 0 Å². The zero-order chi connectivity index (χ0) is 16.0. The fourth-order valence-electron chi connectivity index (χ4n) is 2.63. The molecule has 0 aromatic rings. The van der Waals surface area contributed by atoms with Gasteiger partial charge in [0, 0.05) is 19.0 Å². The van der Waals surface area contributed by atoms with E-state index < -0.39 is 12.1 Å². The van der Waals surface area contributed by atoms with Crippen molar-refractivity contribution in [3.63, 3.8) is 0 Å². The molecule has 0 bridgehead atoms. The number of halogens is 3. The van der Waals surface area contributed by atoms with Crippen LogP contribution in [0.2, 0.25) is 0 Å². The highest BCUT2D eigenvalue weighted by atomic mass is 19.4. The number of nitrogens with two attached hydrogens (primary N) is 1. The molecule has 2 fully saturated rings. The predicted molar refractivity (Wildman–Crippen MR) is 69.4 cm³/mol. The largest absolute Gasteiger partial charge is 0.490 e. The Morgan fingerprint density at radius 2 is 1.76 bits per heavy atom. The van der Waals surface area contributed by atoms with Gasteiger partial charge in [0.05, 0.1) is 0 Å². The molecule has 0 aromatic carbocycles. The van der Waals surface area contributed by atoms with Gasteiger partial charge in [-0.1, -0.05) is 6.42 Å². The lowest BCUT2D eigenvalue weighted by atomic mass is 9.87. The van der Waals surface area contributed by atoms with Crippen LogP contribution >= 0.6 is 0 Å². The van der Waals surface area contributed by atoms with E-state index in [-0.39, 0.29) is 5.91 Å². The van der Waals surface area contributed by atoms with Gasteiger partial charge in [0.2, 0.25) is 5.91 Å². The number of likely N-dealkylation sites (tertiary alicyclic amines) is 1. The minimum absolute atomic E-state index is 0.134. The number of primary amides is 1. The lowest BCUT2D eigenvalue weighted by Crippen LogP contribution is -2.46. The summed E-state index contributed by atoms with van der Waals surface area (Å²) in [7, 11) is 0. The minimum atomic E-state index is -5.08. The van der Waals surface area contributed by atoms with E-state index in [1.165, 1.54) is 38.6 Å². The number of piperidine rings is 1. The third-order valence-electron chi connectivity index (χ3n) is 3.87. The number of carbonyl (C=O) groups excluding carboxylic acids is 1. The Kier molecular flexibility index (Phi) is 6.44. The van der Waals surface area contributed by atoms with Crippen LogP contribution in [0.3, 0.4) is 0 Å². The maximum atomic E-state index is 10.8. The minimum Gasteiger partial charge on any atom is -0.475 e. The second-order valence-corrected chi connectivity index (χ2v) is 5.56. The predicted octanol–water partition coefficient (Wildman–Crippen LogP) is 1.76. The number of rotatable bonds is 3. The lowest BCUT2D eigenvalue weighted by Gasteiger charge is -2.42. The van der Waals surface area contributed by atoms with Crippen molar-refractivity contribution in [2.45, 2.75) is 50.7 Å². The smallest absolute Gasteiger partial charge is 0.475 e. The van der Waals surface area contributed by atoms with Gasteiger partial charge in [-0.2, -0.15) is 13.2 Å². The van der Waals surface area contributed by atoms with Crippen LogP contribution in [0, 0.1) is 5.92 Å². The van der Waals surface area contributed by atoms with E-state index in [1.54, 1.807) is 0 Å². The number of carboxylic acid groups (broad SMARTS) is 1. The molecule has 5 nitrogen and oxygen atoms in total. The summed E-state index contributed by atoms with van der Waals surface area (Å²) in [6.45, 7) is 2.34. The van der Waals surface area contributed by atoms with Gasteiger partial charge in [-0.3, -0.25) is 4.79 Å². The van der Waals surface area contributed by atoms with Gasteiger partial charge < -0.3 is 15.7 Å². The van der Waals surface area contributed by atoms with Crippen LogP contribution in [-0.2, 0) is 9.59 Å². The summed E-state index contributed by atoms with van der Waals surface area (Å²) >= 11 is 0. The van der Waals surface area contributed by atoms with Gasteiger partial charge in [0.1, 0.15) is 0 Å². The summed E-state index contributed by atoms with van der Waals surface area (Å²) in [6, 6.07) is 0.825. The molecule has 1 aliphatic carbocycles. The lowest BCUT2D eigenvalue weighted by molar-refractivity contribution is -0.192. The Morgan fingerprint density at radius 3 is 2.14 bits per heavy atom. The van der Waals surface area contributed by atoms with Crippen molar-refractivity contribution in [3.8, 4) is 0 Å². The van der Waals surface area contributed by atoms with Crippen LogP contribution in [0.4, 0.5) is 13.2 Å². The van der Waals surface area contributed by atoms with Gasteiger partial charge in [-0.25, -0.2) is 4.79 Å². The van der Waals surface area contributed by atoms with Crippen LogP contribution in [0.15, 0.2) is 0 Å². The quantitative estimate of drug-likeness (QED) is 0.832. The Bertz CT molecular complexity index is 370. The van der Waals surface area contributed by atoms with Crippen molar-refractivity contribution in [3.05, 3.63) is 0 Å². The molecule has 8 heteroatoms. The molecule has 0 radical (unpaired) electrons. The van der Waals surface area contributed by atoms with Crippen LogP contribution in [0.1, 0.15) is 38.5 Å². The summed E-state index contributed by atoms with van der Waals surface area (Å²) in [6.07, 6.45) is 2.05. The summed E-state index contributed by atoms with van der Waals surface area (Å²) in [5.41, 5.74) is 5.23.